The van der Waals surface area contributed by atoms with Gasteiger partial charge in [-0.2, -0.15) is 0 Å². The van der Waals surface area contributed by atoms with Crippen molar-refractivity contribution in [2.24, 2.45) is 0 Å². The zero-order valence-electron chi connectivity index (χ0n) is 7.96. The summed E-state index contributed by atoms with van der Waals surface area (Å²) in [5.41, 5.74) is 1.58. The number of carbonyl (C=O) groups is 1. The molecule has 0 saturated carbocycles. The van der Waals surface area contributed by atoms with Gasteiger partial charge < -0.3 is 0 Å². The Kier molecular flexibility index (Phi) is 2.98. The standard InChI is InChI=1S/C10H12O2S/c1-7-4-5-10(13(3)12)9(6-7)8(2)11/h4-6H,1-3H3/t13-/m0/s1. The van der Waals surface area contributed by atoms with Gasteiger partial charge in [-0.25, -0.2) is 0 Å². The number of hydrogen-bond donors (Lipinski definition) is 0. The van der Waals surface area contributed by atoms with Crippen LogP contribution in [0.25, 0.3) is 0 Å². The number of ketones is 1. The molecular formula is C10H12O2S. The Labute approximate surface area is 80.4 Å². The van der Waals surface area contributed by atoms with Crippen LogP contribution in [0.3, 0.4) is 0 Å². The Morgan fingerprint density at radius 2 is 2.00 bits per heavy atom. The minimum atomic E-state index is -1.09. The lowest BCUT2D eigenvalue weighted by molar-refractivity contribution is 0.101. The van der Waals surface area contributed by atoms with E-state index in [-0.39, 0.29) is 5.78 Å². The normalized spacial score (nSPS) is 12.5. The van der Waals surface area contributed by atoms with Gasteiger partial charge in [0, 0.05) is 16.7 Å². The molecule has 0 N–H and O–H groups in total. The van der Waals surface area contributed by atoms with Gasteiger partial charge in [0.2, 0.25) is 0 Å². The third kappa shape index (κ3) is 2.25. The third-order valence-corrected chi connectivity index (χ3v) is 2.80. The predicted molar refractivity (Wildman–Crippen MR) is 53.5 cm³/mol. The van der Waals surface area contributed by atoms with E-state index < -0.39 is 10.8 Å². The van der Waals surface area contributed by atoms with Gasteiger partial charge in [0.25, 0.3) is 0 Å². The van der Waals surface area contributed by atoms with Gasteiger partial charge >= 0.3 is 0 Å². The molecule has 0 amide bonds. The second kappa shape index (κ2) is 3.83. The maximum Gasteiger partial charge on any atom is 0.161 e. The highest BCUT2D eigenvalue weighted by Crippen LogP contribution is 2.15. The summed E-state index contributed by atoms with van der Waals surface area (Å²) >= 11 is 0. The zero-order chi connectivity index (χ0) is 10.0. The molecule has 13 heavy (non-hydrogen) atoms. The highest BCUT2D eigenvalue weighted by Gasteiger charge is 2.09. The van der Waals surface area contributed by atoms with Crippen molar-refractivity contribution in [2.75, 3.05) is 6.26 Å². The lowest BCUT2D eigenvalue weighted by atomic mass is 10.1. The summed E-state index contributed by atoms with van der Waals surface area (Å²) in [7, 11) is -1.09. The van der Waals surface area contributed by atoms with E-state index in [1.54, 1.807) is 18.4 Å². The molecule has 2 nitrogen and oxygen atoms in total. The molecule has 0 aliphatic carbocycles. The van der Waals surface area contributed by atoms with Crippen LogP contribution in [0.4, 0.5) is 0 Å². The first kappa shape index (κ1) is 10.1. The summed E-state index contributed by atoms with van der Waals surface area (Å²) in [6.45, 7) is 3.40. The second-order valence-corrected chi connectivity index (χ2v) is 4.36. The van der Waals surface area contributed by atoms with Crippen molar-refractivity contribution in [2.45, 2.75) is 18.7 Å². The topological polar surface area (TPSA) is 34.1 Å². The van der Waals surface area contributed by atoms with Crippen LogP contribution in [0.15, 0.2) is 23.1 Å². The van der Waals surface area contributed by atoms with E-state index in [1.165, 1.54) is 6.92 Å². The van der Waals surface area contributed by atoms with Gasteiger partial charge in [-0.15, -0.1) is 0 Å². The lowest BCUT2D eigenvalue weighted by Gasteiger charge is -2.04. The van der Waals surface area contributed by atoms with Crippen LogP contribution in [-0.2, 0) is 10.8 Å². The fraction of sp³-hybridized carbons (Fsp3) is 0.300. The van der Waals surface area contributed by atoms with Gasteiger partial charge in [0.05, 0.1) is 10.8 Å². The van der Waals surface area contributed by atoms with Gasteiger partial charge in [-0.05, 0) is 26.0 Å². The Balaban J connectivity index is 3.35. The average molecular weight is 196 g/mol. The van der Waals surface area contributed by atoms with Crippen molar-refractivity contribution in [1.82, 2.24) is 0 Å². The van der Waals surface area contributed by atoms with Crippen molar-refractivity contribution in [1.29, 1.82) is 0 Å². The molecule has 1 aromatic carbocycles. The van der Waals surface area contributed by atoms with Crippen molar-refractivity contribution in [3.63, 3.8) is 0 Å². The molecule has 0 radical (unpaired) electrons. The van der Waals surface area contributed by atoms with Gasteiger partial charge in [-0.1, -0.05) is 11.6 Å². The van der Waals surface area contributed by atoms with E-state index in [0.29, 0.717) is 10.5 Å². The molecule has 0 aromatic heterocycles. The minimum absolute atomic E-state index is 0.0334. The van der Waals surface area contributed by atoms with Crippen LogP contribution in [0.1, 0.15) is 22.8 Å². The Bertz CT molecular complexity index is 369. The molecule has 1 atom stereocenters. The fourth-order valence-electron chi connectivity index (χ4n) is 1.17. The molecule has 0 spiro atoms. The SMILES string of the molecule is CC(=O)c1cc(C)ccc1[S@](C)=O. The Morgan fingerprint density at radius 1 is 1.38 bits per heavy atom. The van der Waals surface area contributed by atoms with Crippen LogP contribution in [0, 0.1) is 6.92 Å². The van der Waals surface area contributed by atoms with Crippen LogP contribution in [0.2, 0.25) is 0 Å². The van der Waals surface area contributed by atoms with Gasteiger partial charge in [0.15, 0.2) is 5.78 Å². The molecule has 3 heteroatoms. The van der Waals surface area contributed by atoms with Gasteiger partial charge in [-0.3, -0.25) is 9.00 Å². The molecule has 0 saturated heterocycles. The molecule has 0 bridgehead atoms. The summed E-state index contributed by atoms with van der Waals surface area (Å²) in [5.74, 6) is -0.0334. The average Bonchev–Trinajstić information content (AvgIpc) is 2.03. The van der Waals surface area contributed by atoms with E-state index in [2.05, 4.69) is 0 Å². The number of Topliss-reactive ketones (excluding diaryl/α,β-unsaturated/α-hetero) is 1. The predicted octanol–water partition coefficient (Wildman–Crippen LogP) is 1.94. The first-order chi connectivity index (χ1) is 6.02. The summed E-state index contributed by atoms with van der Waals surface area (Å²) in [6.07, 6.45) is 1.58. The number of rotatable bonds is 2. The third-order valence-electron chi connectivity index (χ3n) is 1.82. The highest BCUT2D eigenvalue weighted by atomic mass is 32.2. The maximum absolute atomic E-state index is 11.2. The van der Waals surface area contributed by atoms with Crippen molar-refractivity contribution in [3.05, 3.63) is 29.3 Å². The Hall–Kier alpha value is -0.960. The summed E-state index contributed by atoms with van der Waals surface area (Å²) < 4.78 is 11.2. The molecule has 1 rings (SSSR count). The second-order valence-electron chi connectivity index (χ2n) is 3.01. The molecular weight excluding hydrogens is 184 g/mol. The molecule has 0 heterocycles. The smallest absolute Gasteiger partial charge is 0.161 e. The van der Waals surface area contributed by atoms with E-state index in [0.717, 1.165) is 5.56 Å². The fourth-order valence-corrected chi connectivity index (χ4v) is 1.94. The lowest BCUT2D eigenvalue weighted by Crippen LogP contribution is -2.01. The Morgan fingerprint density at radius 3 is 2.46 bits per heavy atom. The number of benzene rings is 1. The quantitative estimate of drug-likeness (QED) is 0.677. The molecule has 0 fully saturated rings. The van der Waals surface area contributed by atoms with E-state index in [1.807, 2.05) is 13.0 Å². The largest absolute Gasteiger partial charge is 0.294 e. The number of aryl methyl sites for hydroxylation is 1. The van der Waals surface area contributed by atoms with Crippen LogP contribution in [-0.4, -0.2) is 16.2 Å². The van der Waals surface area contributed by atoms with Gasteiger partial charge in [0.1, 0.15) is 0 Å². The monoisotopic (exact) mass is 196 g/mol. The molecule has 0 unspecified atom stereocenters. The van der Waals surface area contributed by atoms with E-state index >= 15 is 0 Å². The van der Waals surface area contributed by atoms with Crippen LogP contribution >= 0.6 is 0 Å². The summed E-state index contributed by atoms with van der Waals surface area (Å²) in [4.78, 5) is 11.8. The van der Waals surface area contributed by atoms with Crippen molar-refractivity contribution < 1.29 is 9.00 Å². The molecule has 1 aromatic rings. The molecule has 0 aliphatic rings. The minimum Gasteiger partial charge on any atom is -0.294 e. The number of carbonyl (C=O) groups excluding carboxylic acids is 1. The summed E-state index contributed by atoms with van der Waals surface area (Å²) in [5, 5.41) is 0. The maximum atomic E-state index is 11.2. The van der Waals surface area contributed by atoms with E-state index in [9.17, 15) is 9.00 Å². The van der Waals surface area contributed by atoms with E-state index in [4.69, 9.17) is 0 Å². The highest BCUT2D eigenvalue weighted by molar-refractivity contribution is 7.84. The van der Waals surface area contributed by atoms with Crippen molar-refractivity contribution >= 4 is 16.6 Å². The summed E-state index contributed by atoms with van der Waals surface area (Å²) in [6, 6.07) is 5.39. The van der Waals surface area contributed by atoms with Crippen LogP contribution < -0.4 is 0 Å². The number of hydrogen-bond acceptors (Lipinski definition) is 2. The first-order valence-electron chi connectivity index (χ1n) is 3.97. The van der Waals surface area contributed by atoms with Crippen LogP contribution in [0.5, 0.6) is 0 Å². The van der Waals surface area contributed by atoms with Crippen molar-refractivity contribution in [3.8, 4) is 0 Å². The molecule has 0 aliphatic heterocycles. The zero-order valence-corrected chi connectivity index (χ0v) is 8.77. The molecule has 70 valence electrons. The first-order valence-corrected chi connectivity index (χ1v) is 5.53.